The fourth-order valence-electron chi connectivity index (χ4n) is 4.51. The Labute approximate surface area is 186 Å². The van der Waals surface area contributed by atoms with Gasteiger partial charge in [-0.2, -0.15) is 0 Å². The number of hydrogen-bond donors (Lipinski definition) is 1. The number of carbonyl (C=O) groups excluding carboxylic acids is 1. The lowest BCUT2D eigenvalue weighted by molar-refractivity contribution is -0.828. The molecular formula is C27H47NO2. The minimum absolute atomic E-state index is 0.372. The molecule has 0 aliphatic carbocycles. The number of hydrogen-bond acceptors (Lipinski definition) is 2. The number of carboxylic acid groups (broad SMARTS) is 1. The van der Waals surface area contributed by atoms with Gasteiger partial charge in [0.2, 0.25) is 0 Å². The lowest BCUT2D eigenvalue weighted by Gasteiger charge is -2.22. The molecular weight excluding hydrogens is 370 g/mol. The monoisotopic (exact) mass is 417 g/mol. The van der Waals surface area contributed by atoms with E-state index in [0.717, 1.165) is 31.6 Å². The Balaban J connectivity index is 2.21. The van der Waals surface area contributed by atoms with E-state index in [-0.39, 0.29) is 0 Å². The largest absolute Gasteiger partial charge is 0.545 e. The maximum absolute atomic E-state index is 11.6. The number of carbonyl (C=O) groups is 1. The number of aryl methyl sites for hydroxylation is 1. The minimum atomic E-state index is -1.05. The van der Waals surface area contributed by atoms with Crippen LogP contribution >= 0.6 is 0 Å². The van der Waals surface area contributed by atoms with Gasteiger partial charge in [0.15, 0.2) is 0 Å². The highest BCUT2D eigenvalue weighted by Crippen LogP contribution is 2.20. The molecule has 30 heavy (non-hydrogen) atoms. The predicted molar refractivity (Wildman–Crippen MR) is 126 cm³/mol. The number of unbranched alkanes of at least 4 members (excludes halogenated alkanes) is 13. The number of quaternary nitrogens is 1. The molecule has 0 atom stereocenters. The minimum Gasteiger partial charge on any atom is -0.545 e. The van der Waals surface area contributed by atoms with Crippen molar-refractivity contribution in [1.29, 1.82) is 0 Å². The first-order valence-corrected chi connectivity index (χ1v) is 12.8. The Morgan fingerprint density at radius 2 is 1.20 bits per heavy atom. The van der Waals surface area contributed by atoms with E-state index in [9.17, 15) is 9.90 Å². The van der Waals surface area contributed by atoms with Crippen molar-refractivity contribution in [3.05, 3.63) is 29.3 Å². The molecule has 0 heterocycles. The molecule has 0 saturated carbocycles. The zero-order valence-electron chi connectivity index (χ0n) is 20.1. The molecule has 0 spiro atoms. The van der Waals surface area contributed by atoms with Crippen LogP contribution < -0.4 is 10.0 Å². The lowest BCUT2D eigenvalue weighted by atomic mass is 9.99. The maximum Gasteiger partial charge on any atom is 0.143 e. The molecule has 3 heteroatoms. The van der Waals surface area contributed by atoms with Gasteiger partial charge in [0.05, 0.1) is 24.6 Å². The first-order valence-electron chi connectivity index (χ1n) is 12.8. The van der Waals surface area contributed by atoms with Crippen LogP contribution in [-0.4, -0.2) is 19.1 Å². The molecule has 0 aromatic heterocycles. The van der Waals surface area contributed by atoms with Gasteiger partial charge < -0.3 is 14.8 Å². The van der Waals surface area contributed by atoms with Crippen molar-refractivity contribution in [2.75, 3.05) is 13.1 Å². The first kappa shape index (κ1) is 26.7. The van der Waals surface area contributed by atoms with Crippen molar-refractivity contribution in [3.8, 4) is 0 Å². The number of nitrogens with one attached hydrogen (secondary N) is 1. The van der Waals surface area contributed by atoms with Gasteiger partial charge in [-0.25, -0.2) is 0 Å². The van der Waals surface area contributed by atoms with Crippen LogP contribution in [0.5, 0.6) is 0 Å². The summed E-state index contributed by atoms with van der Waals surface area (Å²) in [6.07, 6.45) is 20.0. The van der Waals surface area contributed by atoms with Crippen LogP contribution in [0.1, 0.15) is 127 Å². The Hall–Kier alpha value is -1.35. The summed E-state index contributed by atoms with van der Waals surface area (Å²) >= 11 is 0. The van der Waals surface area contributed by atoms with E-state index in [4.69, 9.17) is 0 Å². The van der Waals surface area contributed by atoms with E-state index in [0.29, 0.717) is 5.56 Å². The highest BCUT2D eigenvalue weighted by molar-refractivity contribution is 5.91. The highest BCUT2D eigenvalue weighted by Gasteiger charge is 2.18. The Bertz CT molecular complexity index is 566. The second-order valence-electron chi connectivity index (χ2n) is 8.78. The molecule has 1 aromatic carbocycles. The van der Waals surface area contributed by atoms with Crippen molar-refractivity contribution in [2.24, 2.45) is 0 Å². The van der Waals surface area contributed by atoms with Gasteiger partial charge in [-0.3, -0.25) is 0 Å². The van der Waals surface area contributed by atoms with Gasteiger partial charge in [0, 0.05) is 5.56 Å². The zero-order chi connectivity index (χ0) is 22.0. The molecule has 0 fully saturated rings. The molecule has 0 amide bonds. The highest BCUT2D eigenvalue weighted by atomic mass is 16.4. The summed E-state index contributed by atoms with van der Waals surface area (Å²) in [6, 6.07) is 5.68. The Kier molecular flexibility index (Phi) is 15.4. The third-order valence-corrected chi connectivity index (χ3v) is 6.38. The number of carboxylic acids is 1. The molecule has 3 nitrogen and oxygen atoms in total. The van der Waals surface area contributed by atoms with Gasteiger partial charge in [-0.05, 0) is 32.8 Å². The van der Waals surface area contributed by atoms with Crippen molar-refractivity contribution in [2.45, 2.75) is 117 Å². The fraction of sp³-hybridized carbons (Fsp3) is 0.741. The normalized spacial score (nSPS) is 11.3. The molecule has 0 aliphatic heterocycles. The average molecular weight is 418 g/mol. The van der Waals surface area contributed by atoms with Crippen LogP contribution in [0, 0.1) is 0 Å². The topological polar surface area (TPSA) is 44.6 Å². The molecule has 1 N–H and O–H groups in total. The van der Waals surface area contributed by atoms with Gasteiger partial charge in [0.25, 0.3) is 0 Å². The van der Waals surface area contributed by atoms with Crippen LogP contribution in [0.2, 0.25) is 0 Å². The van der Waals surface area contributed by atoms with Crippen LogP contribution in [0.4, 0.5) is 5.69 Å². The summed E-state index contributed by atoms with van der Waals surface area (Å²) in [5.74, 6) is -1.05. The van der Waals surface area contributed by atoms with Crippen molar-refractivity contribution in [1.82, 2.24) is 0 Å². The summed E-state index contributed by atoms with van der Waals surface area (Å²) in [5, 5.41) is 11.6. The van der Waals surface area contributed by atoms with Crippen LogP contribution in [0.15, 0.2) is 18.2 Å². The molecule has 1 aromatic rings. The average Bonchev–Trinajstić information content (AvgIpc) is 2.75. The molecule has 0 radical (unpaired) electrons. The molecule has 0 aliphatic rings. The quantitative estimate of drug-likeness (QED) is 0.296. The standard InChI is InChI=1S/C27H47NO2/c1-4-7-8-9-10-11-12-13-14-15-16-17-18-19-21-24-22-20-23-25(27(29)30)26(24)28(5-2)6-3/h20,22-23H,4-19,21H2,1-3H3,(H,29,30). The van der Waals surface area contributed by atoms with E-state index in [2.05, 4.69) is 26.8 Å². The Morgan fingerprint density at radius 1 is 0.733 bits per heavy atom. The van der Waals surface area contributed by atoms with Crippen LogP contribution in [0.25, 0.3) is 0 Å². The fourth-order valence-corrected chi connectivity index (χ4v) is 4.51. The van der Waals surface area contributed by atoms with Crippen LogP contribution in [-0.2, 0) is 6.42 Å². The van der Waals surface area contributed by atoms with Crippen molar-refractivity contribution >= 4 is 11.7 Å². The summed E-state index contributed by atoms with van der Waals surface area (Å²) in [7, 11) is 0. The van der Waals surface area contributed by atoms with E-state index in [1.54, 1.807) is 6.07 Å². The molecule has 0 saturated heterocycles. The van der Waals surface area contributed by atoms with Gasteiger partial charge >= 0.3 is 0 Å². The lowest BCUT2D eigenvalue weighted by Crippen LogP contribution is -3.07. The number of aromatic carboxylic acids is 1. The number of para-hydroxylation sites is 1. The van der Waals surface area contributed by atoms with Gasteiger partial charge in [-0.1, -0.05) is 103 Å². The summed E-state index contributed by atoms with van der Waals surface area (Å²) in [4.78, 5) is 12.8. The SMILES string of the molecule is CCCCCCCCCCCCCCCCc1cccc(C(=O)[O-])c1[NH+](CC)CC. The number of rotatable bonds is 19. The molecule has 0 bridgehead atoms. The van der Waals surface area contributed by atoms with E-state index < -0.39 is 5.97 Å². The van der Waals surface area contributed by atoms with E-state index in [1.807, 2.05) is 6.07 Å². The maximum atomic E-state index is 11.6. The zero-order valence-corrected chi connectivity index (χ0v) is 20.1. The third-order valence-electron chi connectivity index (χ3n) is 6.38. The molecule has 1 rings (SSSR count). The van der Waals surface area contributed by atoms with Gasteiger partial charge in [0.1, 0.15) is 5.69 Å². The second kappa shape index (κ2) is 17.3. The second-order valence-corrected chi connectivity index (χ2v) is 8.78. The summed E-state index contributed by atoms with van der Waals surface area (Å²) < 4.78 is 0. The first-order chi connectivity index (χ1) is 14.7. The Morgan fingerprint density at radius 3 is 1.63 bits per heavy atom. The van der Waals surface area contributed by atoms with Crippen molar-refractivity contribution in [3.63, 3.8) is 0 Å². The predicted octanol–water partition coefficient (Wildman–Crippen LogP) is 5.63. The van der Waals surface area contributed by atoms with Crippen LogP contribution in [0.3, 0.4) is 0 Å². The van der Waals surface area contributed by atoms with E-state index in [1.165, 1.54) is 93.9 Å². The summed E-state index contributed by atoms with van der Waals surface area (Å²) in [6.45, 7) is 8.29. The van der Waals surface area contributed by atoms with Crippen molar-refractivity contribution < 1.29 is 14.8 Å². The molecule has 0 unspecified atom stereocenters. The number of benzene rings is 1. The van der Waals surface area contributed by atoms with Gasteiger partial charge in [-0.15, -0.1) is 0 Å². The smallest absolute Gasteiger partial charge is 0.143 e. The molecule has 172 valence electrons. The van der Waals surface area contributed by atoms with E-state index >= 15 is 0 Å². The summed E-state index contributed by atoms with van der Waals surface area (Å²) in [5.41, 5.74) is 2.52. The third kappa shape index (κ3) is 10.6.